The standard InChI is InChI=1S/C17H31NO3/c1-17(2,3)18(13-12-16(20)21)15(19)11-7-10-14-8-5-4-6-9-14/h14H,4-13H2,1-3H3,(H,20,21). The molecule has 0 aromatic carbocycles. The Bertz CT molecular complexity index is 340. The number of hydrogen-bond donors (Lipinski definition) is 1. The van der Waals surface area contributed by atoms with Gasteiger partial charge in [0.1, 0.15) is 0 Å². The van der Waals surface area contributed by atoms with Crippen LogP contribution in [0.3, 0.4) is 0 Å². The summed E-state index contributed by atoms with van der Waals surface area (Å²) in [6, 6.07) is 0. The molecule has 0 spiro atoms. The average molecular weight is 297 g/mol. The zero-order valence-electron chi connectivity index (χ0n) is 13.9. The second-order valence-corrected chi connectivity index (χ2v) is 7.26. The van der Waals surface area contributed by atoms with Gasteiger partial charge in [-0.05, 0) is 39.5 Å². The summed E-state index contributed by atoms with van der Waals surface area (Å²) < 4.78 is 0. The number of hydrogen-bond acceptors (Lipinski definition) is 2. The molecule has 0 saturated heterocycles. The number of carboxylic acids is 1. The maximum Gasteiger partial charge on any atom is 0.305 e. The molecule has 0 aromatic rings. The molecular formula is C17H31NO3. The quantitative estimate of drug-likeness (QED) is 0.776. The van der Waals surface area contributed by atoms with Gasteiger partial charge in [0, 0.05) is 18.5 Å². The molecule has 1 amide bonds. The van der Waals surface area contributed by atoms with Crippen molar-refractivity contribution in [2.24, 2.45) is 5.92 Å². The number of aliphatic carboxylic acids is 1. The van der Waals surface area contributed by atoms with E-state index in [0.717, 1.165) is 18.8 Å². The fourth-order valence-electron chi connectivity index (χ4n) is 3.19. The molecule has 4 heteroatoms. The first-order valence-electron chi connectivity index (χ1n) is 8.33. The molecule has 0 unspecified atom stereocenters. The highest BCUT2D eigenvalue weighted by Gasteiger charge is 2.26. The molecule has 0 atom stereocenters. The molecule has 1 aliphatic carbocycles. The van der Waals surface area contributed by atoms with Crippen LogP contribution in [0.4, 0.5) is 0 Å². The fourth-order valence-corrected chi connectivity index (χ4v) is 3.19. The van der Waals surface area contributed by atoms with E-state index in [1.807, 2.05) is 20.8 Å². The summed E-state index contributed by atoms with van der Waals surface area (Å²) in [7, 11) is 0. The first kappa shape index (κ1) is 18.0. The van der Waals surface area contributed by atoms with E-state index in [-0.39, 0.29) is 17.9 Å². The molecule has 0 aliphatic heterocycles. The molecule has 4 nitrogen and oxygen atoms in total. The van der Waals surface area contributed by atoms with Gasteiger partial charge in [0.2, 0.25) is 5.91 Å². The number of rotatable bonds is 7. The van der Waals surface area contributed by atoms with E-state index < -0.39 is 5.97 Å². The van der Waals surface area contributed by atoms with Crippen molar-refractivity contribution in [3.05, 3.63) is 0 Å². The third kappa shape index (κ3) is 6.96. The van der Waals surface area contributed by atoms with Crippen molar-refractivity contribution < 1.29 is 14.7 Å². The smallest absolute Gasteiger partial charge is 0.305 e. The van der Waals surface area contributed by atoms with Gasteiger partial charge in [0.25, 0.3) is 0 Å². The molecule has 0 aromatic heterocycles. The number of amides is 1. The van der Waals surface area contributed by atoms with Crippen LogP contribution in [0.5, 0.6) is 0 Å². The minimum Gasteiger partial charge on any atom is -0.481 e. The van der Waals surface area contributed by atoms with E-state index in [9.17, 15) is 9.59 Å². The number of carboxylic acid groups (broad SMARTS) is 1. The highest BCUT2D eigenvalue weighted by molar-refractivity contribution is 5.77. The van der Waals surface area contributed by atoms with Crippen molar-refractivity contribution >= 4 is 11.9 Å². The maximum absolute atomic E-state index is 12.4. The summed E-state index contributed by atoms with van der Waals surface area (Å²) in [4.78, 5) is 24.8. The first-order chi connectivity index (χ1) is 9.80. The van der Waals surface area contributed by atoms with Crippen LogP contribution in [-0.2, 0) is 9.59 Å². The highest BCUT2D eigenvalue weighted by Crippen LogP contribution is 2.28. The zero-order valence-corrected chi connectivity index (χ0v) is 13.9. The second-order valence-electron chi connectivity index (χ2n) is 7.26. The first-order valence-corrected chi connectivity index (χ1v) is 8.33. The summed E-state index contributed by atoms with van der Waals surface area (Å²) in [6.07, 6.45) is 9.32. The molecule has 1 N–H and O–H groups in total. The monoisotopic (exact) mass is 297 g/mol. The van der Waals surface area contributed by atoms with Crippen molar-refractivity contribution in [1.82, 2.24) is 4.90 Å². The Hall–Kier alpha value is -1.06. The maximum atomic E-state index is 12.4. The van der Waals surface area contributed by atoms with Crippen molar-refractivity contribution in [3.8, 4) is 0 Å². The van der Waals surface area contributed by atoms with Crippen LogP contribution in [0.25, 0.3) is 0 Å². The van der Waals surface area contributed by atoms with Crippen LogP contribution in [-0.4, -0.2) is 34.0 Å². The van der Waals surface area contributed by atoms with E-state index >= 15 is 0 Å². The second kappa shape index (κ2) is 8.40. The largest absolute Gasteiger partial charge is 0.481 e. The topological polar surface area (TPSA) is 57.6 Å². The Balaban J connectivity index is 2.38. The third-order valence-corrected chi connectivity index (χ3v) is 4.39. The lowest BCUT2D eigenvalue weighted by Gasteiger charge is -2.35. The van der Waals surface area contributed by atoms with Gasteiger partial charge in [-0.2, -0.15) is 0 Å². The normalized spacial score (nSPS) is 16.7. The van der Waals surface area contributed by atoms with Gasteiger partial charge in [-0.3, -0.25) is 9.59 Å². The van der Waals surface area contributed by atoms with E-state index in [2.05, 4.69) is 0 Å². The lowest BCUT2D eigenvalue weighted by Crippen LogP contribution is -2.46. The number of carbonyl (C=O) groups is 2. The molecule has 1 saturated carbocycles. The summed E-state index contributed by atoms with van der Waals surface area (Å²) in [5, 5.41) is 8.82. The third-order valence-electron chi connectivity index (χ3n) is 4.39. The van der Waals surface area contributed by atoms with E-state index in [1.54, 1.807) is 4.90 Å². The summed E-state index contributed by atoms with van der Waals surface area (Å²) in [6.45, 7) is 6.21. The summed E-state index contributed by atoms with van der Waals surface area (Å²) in [5.74, 6) is 0.0486. The van der Waals surface area contributed by atoms with Gasteiger partial charge in [-0.25, -0.2) is 0 Å². The zero-order chi connectivity index (χ0) is 15.9. The predicted octanol–water partition coefficient (Wildman–Crippen LogP) is 3.84. The van der Waals surface area contributed by atoms with Crippen LogP contribution >= 0.6 is 0 Å². The fraction of sp³-hybridized carbons (Fsp3) is 0.882. The molecule has 0 heterocycles. The van der Waals surface area contributed by atoms with Crippen molar-refractivity contribution in [3.63, 3.8) is 0 Å². The lowest BCUT2D eigenvalue weighted by atomic mass is 9.85. The number of carbonyl (C=O) groups excluding carboxylic acids is 1. The molecule has 21 heavy (non-hydrogen) atoms. The van der Waals surface area contributed by atoms with Crippen LogP contribution in [0.1, 0.15) is 78.6 Å². The summed E-state index contributed by atoms with van der Waals surface area (Å²) >= 11 is 0. The minimum atomic E-state index is -0.848. The molecular weight excluding hydrogens is 266 g/mol. The molecule has 1 rings (SSSR count). The van der Waals surface area contributed by atoms with Crippen LogP contribution in [0.15, 0.2) is 0 Å². The van der Waals surface area contributed by atoms with E-state index in [0.29, 0.717) is 13.0 Å². The highest BCUT2D eigenvalue weighted by atomic mass is 16.4. The van der Waals surface area contributed by atoms with E-state index in [4.69, 9.17) is 5.11 Å². The molecule has 1 aliphatic rings. The van der Waals surface area contributed by atoms with Crippen molar-refractivity contribution in [2.45, 2.75) is 84.1 Å². The van der Waals surface area contributed by atoms with Crippen LogP contribution < -0.4 is 0 Å². The van der Waals surface area contributed by atoms with Gasteiger partial charge < -0.3 is 10.0 Å². The Morgan fingerprint density at radius 1 is 1.10 bits per heavy atom. The Morgan fingerprint density at radius 3 is 2.24 bits per heavy atom. The lowest BCUT2D eigenvalue weighted by molar-refractivity contribution is -0.140. The Morgan fingerprint density at radius 2 is 1.71 bits per heavy atom. The Labute approximate surface area is 128 Å². The van der Waals surface area contributed by atoms with Gasteiger partial charge in [-0.1, -0.05) is 32.1 Å². The number of nitrogens with zero attached hydrogens (tertiary/aromatic N) is 1. The SMILES string of the molecule is CC(C)(C)N(CCC(=O)O)C(=O)CCCC1CCCCC1. The van der Waals surface area contributed by atoms with Crippen LogP contribution in [0, 0.1) is 5.92 Å². The predicted molar refractivity (Wildman–Crippen MR) is 84.1 cm³/mol. The Kier molecular flexibility index (Phi) is 7.20. The van der Waals surface area contributed by atoms with Gasteiger partial charge in [-0.15, -0.1) is 0 Å². The van der Waals surface area contributed by atoms with Gasteiger partial charge in [0.05, 0.1) is 6.42 Å². The van der Waals surface area contributed by atoms with E-state index in [1.165, 1.54) is 32.1 Å². The van der Waals surface area contributed by atoms with Gasteiger partial charge >= 0.3 is 5.97 Å². The molecule has 122 valence electrons. The minimum absolute atomic E-state index is 0.0195. The molecule has 0 radical (unpaired) electrons. The van der Waals surface area contributed by atoms with Crippen molar-refractivity contribution in [1.29, 1.82) is 0 Å². The van der Waals surface area contributed by atoms with Crippen LogP contribution in [0.2, 0.25) is 0 Å². The average Bonchev–Trinajstić information content (AvgIpc) is 2.38. The van der Waals surface area contributed by atoms with Gasteiger partial charge in [0.15, 0.2) is 0 Å². The molecule has 1 fully saturated rings. The molecule has 0 bridgehead atoms. The van der Waals surface area contributed by atoms with Crippen molar-refractivity contribution in [2.75, 3.05) is 6.54 Å². The summed E-state index contributed by atoms with van der Waals surface area (Å²) in [5.41, 5.74) is -0.308.